The van der Waals surface area contributed by atoms with Gasteiger partial charge < -0.3 is 15.0 Å². The van der Waals surface area contributed by atoms with Crippen LogP contribution in [0.2, 0.25) is 0 Å². The van der Waals surface area contributed by atoms with Gasteiger partial charge in [0.1, 0.15) is 34.5 Å². The lowest BCUT2D eigenvalue weighted by molar-refractivity contribution is -0.138. The molecule has 1 saturated heterocycles. The number of rotatable bonds is 4. The lowest BCUT2D eigenvalue weighted by Gasteiger charge is -2.27. The molecule has 0 aromatic carbocycles. The Morgan fingerprint density at radius 2 is 1.85 bits per heavy atom. The van der Waals surface area contributed by atoms with Crippen molar-refractivity contribution in [3.63, 3.8) is 0 Å². The molecule has 2 amide bonds. The van der Waals surface area contributed by atoms with Gasteiger partial charge >= 0.3 is 0 Å². The second-order valence-electron chi connectivity index (χ2n) is 13.0. The van der Waals surface area contributed by atoms with Gasteiger partial charge in [0.25, 0.3) is 0 Å². The first-order valence-corrected chi connectivity index (χ1v) is 17.0. The third-order valence-electron chi connectivity index (χ3n) is 9.75. The Kier molecular flexibility index (Phi) is 8.60. The second kappa shape index (κ2) is 12.8. The van der Waals surface area contributed by atoms with Crippen LogP contribution in [-0.2, 0) is 27.5 Å². The average Bonchev–Trinajstić information content (AvgIpc) is 3.46. The van der Waals surface area contributed by atoms with E-state index in [9.17, 15) is 14.4 Å². The fraction of sp³-hybridized carbons (Fsp3) is 0.471. The summed E-state index contributed by atoms with van der Waals surface area (Å²) in [5.74, 6) is 0.386. The topological polar surface area (TPSA) is 145 Å². The summed E-state index contributed by atoms with van der Waals surface area (Å²) < 4.78 is 8.06. The largest absolute Gasteiger partial charge is 0.377 e. The van der Waals surface area contributed by atoms with Crippen LogP contribution in [0, 0.1) is 12.3 Å². The maximum atomic E-state index is 14.2. The number of halogens is 1. The molecule has 2 fully saturated rings. The number of fused-ring (bicyclic) bond motifs is 3. The van der Waals surface area contributed by atoms with Crippen LogP contribution >= 0.6 is 15.9 Å². The first kappa shape index (κ1) is 31.5. The van der Waals surface area contributed by atoms with Crippen molar-refractivity contribution in [3.8, 4) is 11.3 Å². The molecule has 2 bridgehead atoms. The van der Waals surface area contributed by atoms with E-state index in [4.69, 9.17) is 4.74 Å². The molecule has 4 aromatic rings. The van der Waals surface area contributed by atoms with Crippen molar-refractivity contribution in [2.45, 2.75) is 90.4 Å². The summed E-state index contributed by atoms with van der Waals surface area (Å²) in [6.07, 6.45) is 12.9. The molecule has 3 atom stereocenters. The third-order valence-corrected chi connectivity index (χ3v) is 10.2. The molecule has 47 heavy (non-hydrogen) atoms. The molecule has 3 aliphatic rings. The van der Waals surface area contributed by atoms with E-state index in [-0.39, 0.29) is 41.3 Å². The minimum atomic E-state index is -0.649. The van der Waals surface area contributed by atoms with Gasteiger partial charge in [0.05, 0.1) is 24.0 Å². The minimum Gasteiger partial charge on any atom is -0.377 e. The monoisotopic (exact) mass is 700 g/mol. The fourth-order valence-corrected chi connectivity index (χ4v) is 7.51. The fourth-order valence-electron chi connectivity index (χ4n) is 7.20. The van der Waals surface area contributed by atoms with Crippen molar-refractivity contribution in [1.82, 2.24) is 34.6 Å². The number of hydrogen-bond acceptors (Lipinski definition) is 9. The molecule has 12 nitrogen and oxygen atoms in total. The van der Waals surface area contributed by atoms with Gasteiger partial charge in [0, 0.05) is 48.5 Å². The number of ketones is 1. The van der Waals surface area contributed by atoms with Gasteiger partial charge in [-0.05, 0) is 66.1 Å². The molecule has 1 aliphatic carbocycles. The van der Waals surface area contributed by atoms with E-state index in [1.165, 1.54) is 11.6 Å². The Morgan fingerprint density at radius 1 is 1.06 bits per heavy atom. The van der Waals surface area contributed by atoms with Crippen LogP contribution in [0.4, 0.5) is 5.82 Å². The molecular formula is C34H37BrN8O4. The van der Waals surface area contributed by atoms with Crippen molar-refractivity contribution in [2.75, 3.05) is 11.9 Å². The molecule has 1 saturated carbocycles. The Hall–Kier alpha value is -4.10. The second-order valence-corrected chi connectivity index (χ2v) is 13.8. The number of aryl methyl sites for hydroxylation is 1. The van der Waals surface area contributed by atoms with Crippen LogP contribution in [0.15, 0.2) is 41.4 Å². The molecular weight excluding hydrogens is 664 g/mol. The van der Waals surface area contributed by atoms with Crippen molar-refractivity contribution >= 4 is 50.2 Å². The van der Waals surface area contributed by atoms with Crippen molar-refractivity contribution in [2.24, 2.45) is 5.41 Å². The molecule has 244 valence electrons. The number of piperidine rings is 1. The first-order chi connectivity index (χ1) is 22.7. The number of aromatic nitrogens is 6. The Balaban J connectivity index is 1.19. The van der Waals surface area contributed by atoms with E-state index < -0.39 is 6.04 Å². The van der Waals surface area contributed by atoms with E-state index in [1.54, 1.807) is 36.5 Å². The summed E-state index contributed by atoms with van der Waals surface area (Å²) in [5, 5.41) is 8.21. The van der Waals surface area contributed by atoms with Gasteiger partial charge in [-0.1, -0.05) is 31.7 Å². The number of ether oxygens (including phenoxy) is 1. The normalized spacial score (nSPS) is 23.2. The predicted octanol–water partition coefficient (Wildman–Crippen LogP) is 5.43. The van der Waals surface area contributed by atoms with Gasteiger partial charge in [-0.25, -0.2) is 15.0 Å². The molecule has 2 aliphatic heterocycles. The first-order valence-electron chi connectivity index (χ1n) is 16.2. The molecule has 0 radical (unpaired) electrons. The number of carbonyl (C=O) groups excluding carboxylic acids is 3. The molecule has 4 aromatic heterocycles. The van der Waals surface area contributed by atoms with Crippen LogP contribution in [0.1, 0.15) is 80.2 Å². The van der Waals surface area contributed by atoms with Gasteiger partial charge in [-0.3, -0.25) is 24.0 Å². The number of pyridine rings is 2. The van der Waals surface area contributed by atoms with E-state index in [0.717, 1.165) is 50.5 Å². The number of Topliss-reactive ketones (excluding diaryl/α,β-unsaturated/α-hetero) is 1. The highest BCUT2D eigenvalue weighted by atomic mass is 79.9. The quantitative estimate of drug-likeness (QED) is 0.218. The van der Waals surface area contributed by atoms with Crippen molar-refractivity contribution < 1.29 is 19.1 Å². The zero-order valence-electron chi connectivity index (χ0n) is 26.5. The molecule has 1 N–H and O–H groups in total. The lowest BCUT2D eigenvalue weighted by Crippen LogP contribution is -2.47. The number of nitrogens with zero attached hydrogens (tertiary/aromatic N) is 7. The van der Waals surface area contributed by atoms with Gasteiger partial charge in [0.15, 0.2) is 5.78 Å². The highest BCUT2D eigenvalue weighted by Gasteiger charge is 2.66. The van der Waals surface area contributed by atoms with E-state index in [1.807, 2.05) is 12.1 Å². The highest BCUT2D eigenvalue weighted by Crippen LogP contribution is 2.62. The summed E-state index contributed by atoms with van der Waals surface area (Å²) in [6, 6.07) is 4.85. The van der Waals surface area contributed by atoms with Crippen LogP contribution in [0.25, 0.3) is 22.2 Å². The number of carbonyl (C=O) groups is 3. The van der Waals surface area contributed by atoms with E-state index >= 15 is 0 Å². The maximum absolute atomic E-state index is 14.2. The Bertz CT molecular complexity index is 1860. The standard InChI is InChI=1S/C34H37BrN8O4/c1-20(44)31-24-12-25(23-15-36-21(2)37-16-23)38-17-27(24)42(41-31)18-30(45)43-26-13-34(14-28(34)43)10-6-4-3-5-7-11-47-19-22-8-9-29(35)39-32(22)40-33(26)46/h8-9,12,15-17,26,28H,3-7,10-11,13-14,18-19H2,1-2H3,(H,39,40,46)/t26-,28+,34-/m0/s1. The number of anilines is 1. The van der Waals surface area contributed by atoms with Crippen molar-refractivity contribution in [3.05, 3.63) is 58.5 Å². The number of amides is 2. The maximum Gasteiger partial charge on any atom is 0.248 e. The zero-order chi connectivity index (χ0) is 32.7. The smallest absolute Gasteiger partial charge is 0.248 e. The third kappa shape index (κ3) is 6.30. The summed E-state index contributed by atoms with van der Waals surface area (Å²) in [4.78, 5) is 60.3. The SMILES string of the molecule is CC(=O)c1nn(CC(=O)N2[C@H]3C[C@@]4(CCCCCCCOCc5ccc(Br)nc5NC3=O)C[C@@H]24)c2cnc(-c3cnc(C)nc3)cc12. The number of nitrogens with one attached hydrogen (secondary N) is 1. The minimum absolute atomic E-state index is 0.0138. The van der Waals surface area contributed by atoms with Crippen LogP contribution in [-0.4, -0.2) is 70.9 Å². The highest BCUT2D eigenvalue weighted by molar-refractivity contribution is 9.10. The molecule has 13 heteroatoms. The van der Waals surface area contributed by atoms with Gasteiger partial charge in [0.2, 0.25) is 11.8 Å². The van der Waals surface area contributed by atoms with E-state index in [0.29, 0.717) is 58.0 Å². The van der Waals surface area contributed by atoms with Crippen LogP contribution < -0.4 is 5.32 Å². The number of likely N-dealkylation sites (tertiary alicyclic amines) is 1. The molecule has 6 heterocycles. The molecule has 7 rings (SSSR count). The zero-order valence-corrected chi connectivity index (χ0v) is 28.1. The van der Waals surface area contributed by atoms with Gasteiger partial charge in [-0.15, -0.1) is 0 Å². The summed E-state index contributed by atoms with van der Waals surface area (Å²) in [7, 11) is 0. The average molecular weight is 702 g/mol. The predicted molar refractivity (Wildman–Crippen MR) is 177 cm³/mol. The molecule has 0 unspecified atom stereocenters. The number of hydrogen-bond donors (Lipinski definition) is 1. The van der Waals surface area contributed by atoms with Gasteiger partial charge in [-0.2, -0.15) is 5.10 Å². The lowest BCUT2D eigenvalue weighted by atomic mass is 9.92. The summed E-state index contributed by atoms with van der Waals surface area (Å²) >= 11 is 3.43. The van der Waals surface area contributed by atoms with Crippen LogP contribution in [0.5, 0.6) is 0 Å². The Morgan fingerprint density at radius 3 is 2.66 bits per heavy atom. The summed E-state index contributed by atoms with van der Waals surface area (Å²) in [6.45, 7) is 4.14. The van der Waals surface area contributed by atoms with Crippen molar-refractivity contribution in [1.29, 1.82) is 0 Å². The van der Waals surface area contributed by atoms with Crippen LogP contribution in [0.3, 0.4) is 0 Å². The Labute approximate surface area is 280 Å². The molecule has 1 spiro atoms. The van der Waals surface area contributed by atoms with E-state index in [2.05, 4.69) is 46.3 Å². The summed E-state index contributed by atoms with van der Waals surface area (Å²) in [5.41, 5.74) is 2.86.